The van der Waals surface area contributed by atoms with Gasteiger partial charge < -0.3 is 11.1 Å². The Kier molecular flexibility index (Phi) is 3.49. The normalized spacial score (nSPS) is 25.3. The van der Waals surface area contributed by atoms with Crippen LogP contribution in [-0.2, 0) is 0 Å². The second kappa shape index (κ2) is 4.87. The van der Waals surface area contributed by atoms with Crippen molar-refractivity contribution < 1.29 is 4.79 Å². The average molecular weight is 238 g/mol. The van der Waals surface area contributed by atoms with Gasteiger partial charge in [-0.15, -0.1) is 11.3 Å². The third kappa shape index (κ3) is 2.38. The van der Waals surface area contributed by atoms with Gasteiger partial charge in [-0.25, -0.2) is 0 Å². The van der Waals surface area contributed by atoms with E-state index in [0.29, 0.717) is 22.5 Å². The summed E-state index contributed by atoms with van der Waals surface area (Å²) in [5, 5.41) is 4.96. The molecule has 1 amide bonds. The molecule has 3 N–H and O–H groups in total. The smallest absolute Gasteiger partial charge is 0.263 e. The van der Waals surface area contributed by atoms with Crippen molar-refractivity contribution in [1.29, 1.82) is 0 Å². The third-order valence-corrected chi connectivity index (χ3v) is 4.26. The zero-order chi connectivity index (χ0) is 11.5. The van der Waals surface area contributed by atoms with Crippen LogP contribution in [0.5, 0.6) is 0 Å². The molecule has 1 heterocycles. The van der Waals surface area contributed by atoms with E-state index in [-0.39, 0.29) is 5.91 Å². The van der Waals surface area contributed by atoms with Crippen molar-refractivity contribution in [3.05, 3.63) is 16.3 Å². The quantitative estimate of drug-likeness (QED) is 0.832. The summed E-state index contributed by atoms with van der Waals surface area (Å²) in [6, 6.07) is 2.10. The third-order valence-electron chi connectivity index (χ3n) is 3.33. The van der Waals surface area contributed by atoms with Gasteiger partial charge in [-0.3, -0.25) is 4.79 Å². The molecule has 16 heavy (non-hydrogen) atoms. The van der Waals surface area contributed by atoms with Gasteiger partial charge in [-0.05, 0) is 30.2 Å². The van der Waals surface area contributed by atoms with Crippen molar-refractivity contribution in [1.82, 2.24) is 5.32 Å². The first-order valence-electron chi connectivity index (χ1n) is 5.82. The number of hydrogen-bond acceptors (Lipinski definition) is 3. The molecule has 1 aliphatic rings. The molecule has 0 spiro atoms. The standard InChI is InChI=1S/C12H18N2OS/c1-8-4-2-3-5-10(8)14-12(15)11-9(13)6-7-16-11/h6-8,10H,2-5,13H2,1H3,(H,14,15). The van der Waals surface area contributed by atoms with Gasteiger partial charge in [0.2, 0.25) is 0 Å². The molecule has 1 fully saturated rings. The molecule has 1 aromatic rings. The molecular formula is C12H18N2OS. The Morgan fingerprint density at radius 2 is 2.25 bits per heavy atom. The average Bonchev–Trinajstić information content (AvgIpc) is 2.68. The highest BCUT2D eigenvalue weighted by Crippen LogP contribution is 2.25. The Morgan fingerprint density at radius 3 is 2.88 bits per heavy atom. The summed E-state index contributed by atoms with van der Waals surface area (Å²) in [6.07, 6.45) is 4.81. The van der Waals surface area contributed by atoms with E-state index in [0.717, 1.165) is 6.42 Å². The van der Waals surface area contributed by atoms with Crippen molar-refractivity contribution >= 4 is 22.9 Å². The first kappa shape index (κ1) is 11.5. The van der Waals surface area contributed by atoms with Crippen molar-refractivity contribution in [3.8, 4) is 0 Å². The summed E-state index contributed by atoms with van der Waals surface area (Å²) < 4.78 is 0. The van der Waals surface area contributed by atoms with Crippen LogP contribution in [0, 0.1) is 5.92 Å². The molecule has 1 aliphatic carbocycles. The summed E-state index contributed by atoms with van der Waals surface area (Å²) in [5.41, 5.74) is 6.32. The molecule has 0 aliphatic heterocycles. The first-order chi connectivity index (χ1) is 7.68. The van der Waals surface area contributed by atoms with E-state index in [1.807, 2.05) is 5.38 Å². The highest BCUT2D eigenvalue weighted by molar-refractivity contribution is 7.12. The van der Waals surface area contributed by atoms with Gasteiger partial charge in [0, 0.05) is 6.04 Å². The second-order valence-corrected chi connectivity index (χ2v) is 5.46. The minimum absolute atomic E-state index is 0.00810. The zero-order valence-corrected chi connectivity index (χ0v) is 10.3. The van der Waals surface area contributed by atoms with Gasteiger partial charge in [0.25, 0.3) is 5.91 Å². The summed E-state index contributed by atoms with van der Waals surface area (Å²) in [7, 11) is 0. The maximum atomic E-state index is 12.0. The zero-order valence-electron chi connectivity index (χ0n) is 9.53. The van der Waals surface area contributed by atoms with Crippen LogP contribution >= 0.6 is 11.3 Å². The van der Waals surface area contributed by atoms with Crippen LogP contribution in [0.25, 0.3) is 0 Å². The van der Waals surface area contributed by atoms with Gasteiger partial charge in [0.15, 0.2) is 0 Å². The van der Waals surface area contributed by atoms with Crippen LogP contribution in [0.3, 0.4) is 0 Å². The van der Waals surface area contributed by atoms with Crippen molar-refractivity contribution in [2.45, 2.75) is 38.6 Å². The fourth-order valence-electron chi connectivity index (χ4n) is 2.27. The number of rotatable bonds is 2. The van der Waals surface area contributed by atoms with Crippen molar-refractivity contribution in [3.63, 3.8) is 0 Å². The van der Waals surface area contributed by atoms with Crippen LogP contribution in [0.4, 0.5) is 5.69 Å². The number of nitrogens with one attached hydrogen (secondary N) is 1. The van der Waals surface area contributed by atoms with E-state index in [1.54, 1.807) is 6.07 Å². The van der Waals surface area contributed by atoms with E-state index in [1.165, 1.54) is 30.6 Å². The number of carbonyl (C=O) groups excluding carboxylic acids is 1. The molecule has 0 radical (unpaired) electrons. The van der Waals surface area contributed by atoms with Crippen LogP contribution in [0.2, 0.25) is 0 Å². The number of thiophene rings is 1. The maximum absolute atomic E-state index is 12.0. The van der Waals surface area contributed by atoms with Gasteiger partial charge in [-0.1, -0.05) is 19.8 Å². The maximum Gasteiger partial charge on any atom is 0.263 e. The van der Waals surface area contributed by atoms with E-state index < -0.39 is 0 Å². The Labute approximate surface area is 100 Å². The van der Waals surface area contributed by atoms with E-state index in [2.05, 4.69) is 12.2 Å². The van der Waals surface area contributed by atoms with E-state index in [4.69, 9.17) is 5.73 Å². The van der Waals surface area contributed by atoms with Gasteiger partial charge in [0.1, 0.15) is 4.88 Å². The highest BCUT2D eigenvalue weighted by atomic mass is 32.1. The second-order valence-electron chi connectivity index (χ2n) is 4.55. The molecule has 4 heteroatoms. The van der Waals surface area contributed by atoms with E-state index in [9.17, 15) is 4.79 Å². The lowest BCUT2D eigenvalue weighted by Crippen LogP contribution is -2.40. The van der Waals surface area contributed by atoms with E-state index >= 15 is 0 Å². The Morgan fingerprint density at radius 1 is 1.50 bits per heavy atom. The van der Waals surface area contributed by atoms with Crippen LogP contribution < -0.4 is 11.1 Å². The SMILES string of the molecule is CC1CCCCC1NC(=O)c1sccc1N. The lowest BCUT2D eigenvalue weighted by atomic mass is 9.86. The fraction of sp³-hybridized carbons (Fsp3) is 0.583. The Hall–Kier alpha value is -1.03. The van der Waals surface area contributed by atoms with Crippen molar-refractivity contribution in [2.75, 3.05) is 5.73 Å². The van der Waals surface area contributed by atoms with Gasteiger partial charge in [-0.2, -0.15) is 0 Å². The summed E-state index contributed by atoms with van der Waals surface area (Å²) in [4.78, 5) is 12.6. The Balaban J connectivity index is 1.99. The van der Waals surface area contributed by atoms with Crippen LogP contribution in [0.15, 0.2) is 11.4 Å². The topological polar surface area (TPSA) is 55.1 Å². The lowest BCUT2D eigenvalue weighted by Gasteiger charge is -2.29. The number of nitrogens with two attached hydrogens (primary N) is 1. The Bertz CT molecular complexity index is 375. The summed E-state index contributed by atoms with van der Waals surface area (Å²) in [5.74, 6) is 0.574. The monoisotopic (exact) mass is 238 g/mol. The summed E-state index contributed by atoms with van der Waals surface area (Å²) in [6.45, 7) is 2.21. The molecule has 2 unspecified atom stereocenters. The highest BCUT2D eigenvalue weighted by Gasteiger charge is 2.24. The largest absolute Gasteiger partial charge is 0.397 e. The summed E-state index contributed by atoms with van der Waals surface area (Å²) >= 11 is 1.41. The number of nitrogen functional groups attached to an aromatic ring is 1. The molecular weight excluding hydrogens is 220 g/mol. The lowest BCUT2D eigenvalue weighted by molar-refractivity contribution is 0.0915. The molecule has 0 bridgehead atoms. The van der Waals surface area contributed by atoms with Crippen LogP contribution in [-0.4, -0.2) is 11.9 Å². The van der Waals surface area contributed by atoms with Crippen molar-refractivity contribution in [2.24, 2.45) is 5.92 Å². The minimum atomic E-state index is -0.00810. The predicted molar refractivity (Wildman–Crippen MR) is 67.6 cm³/mol. The van der Waals surface area contributed by atoms with Gasteiger partial charge in [0.05, 0.1) is 5.69 Å². The predicted octanol–water partition coefficient (Wildman–Crippen LogP) is 2.64. The first-order valence-corrected chi connectivity index (χ1v) is 6.70. The molecule has 2 atom stereocenters. The molecule has 1 aromatic heterocycles. The molecule has 2 rings (SSSR count). The molecule has 0 saturated heterocycles. The van der Waals surface area contributed by atoms with Crippen LogP contribution in [0.1, 0.15) is 42.3 Å². The molecule has 1 saturated carbocycles. The molecule has 0 aromatic carbocycles. The molecule has 88 valence electrons. The van der Waals surface area contributed by atoms with Gasteiger partial charge >= 0.3 is 0 Å². The number of anilines is 1. The number of hydrogen-bond donors (Lipinski definition) is 2. The molecule has 3 nitrogen and oxygen atoms in total. The number of carbonyl (C=O) groups is 1. The fourth-order valence-corrected chi connectivity index (χ4v) is 2.99. The minimum Gasteiger partial charge on any atom is -0.397 e. The number of amides is 1.